The molecule has 118 valence electrons. The molecule has 0 radical (unpaired) electrons. The lowest BCUT2D eigenvalue weighted by molar-refractivity contribution is -0.130. The van der Waals surface area contributed by atoms with Crippen LogP contribution >= 0.6 is 0 Å². The second-order valence-corrected chi connectivity index (χ2v) is 6.65. The van der Waals surface area contributed by atoms with Crippen LogP contribution in [0.3, 0.4) is 0 Å². The predicted molar refractivity (Wildman–Crippen MR) is 89.0 cm³/mol. The topological polar surface area (TPSA) is 55.1 Å². The van der Waals surface area contributed by atoms with Crippen LogP contribution in [0.4, 0.5) is 0 Å². The Kier molecular flexibility index (Phi) is 6.41. The maximum Gasteiger partial charge on any atom is 0.227 e. The van der Waals surface area contributed by atoms with E-state index in [9.17, 15) is 4.79 Å². The summed E-state index contributed by atoms with van der Waals surface area (Å²) in [5, 5.41) is 3.08. The highest BCUT2D eigenvalue weighted by Crippen LogP contribution is 2.22. The van der Waals surface area contributed by atoms with Gasteiger partial charge in [0, 0.05) is 6.54 Å². The first kappa shape index (κ1) is 17.7. The number of nitrogens with one attached hydrogen (secondary N) is 1. The number of carbonyl (C=O) groups is 1. The standard InChI is InChI=1S/C18H30N2O/c1-6-18(5,12-19)17(21)20-14(4)16-9-7-15(8-10-16)11-13(2)3/h7-10,13-14H,6,11-12,19H2,1-5H3,(H,20,21). The van der Waals surface area contributed by atoms with Gasteiger partial charge < -0.3 is 11.1 Å². The van der Waals surface area contributed by atoms with E-state index in [1.165, 1.54) is 5.56 Å². The van der Waals surface area contributed by atoms with Gasteiger partial charge in [0.1, 0.15) is 0 Å². The number of carbonyl (C=O) groups excluding carboxylic acids is 1. The van der Waals surface area contributed by atoms with Crippen LogP contribution in [0.5, 0.6) is 0 Å². The van der Waals surface area contributed by atoms with Crippen molar-refractivity contribution in [3.63, 3.8) is 0 Å². The Bertz CT molecular complexity index is 447. The first-order chi connectivity index (χ1) is 9.82. The first-order valence-corrected chi connectivity index (χ1v) is 7.92. The molecule has 0 fully saturated rings. The summed E-state index contributed by atoms with van der Waals surface area (Å²) in [5.41, 5.74) is 7.73. The van der Waals surface area contributed by atoms with Crippen LogP contribution in [-0.4, -0.2) is 12.5 Å². The Morgan fingerprint density at radius 3 is 2.24 bits per heavy atom. The van der Waals surface area contributed by atoms with Gasteiger partial charge in [0.2, 0.25) is 5.91 Å². The van der Waals surface area contributed by atoms with E-state index in [2.05, 4.69) is 43.4 Å². The van der Waals surface area contributed by atoms with Crippen LogP contribution in [-0.2, 0) is 11.2 Å². The lowest BCUT2D eigenvalue weighted by Gasteiger charge is -2.27. The molecule has 1 amide bonds. The van der Waals surface area contributed by atoms with Crippen LogP contribution < -0.4 is 11.1 Å². The van der Waals surface area contributed by atoms with Crippen molar-refractivity contribution >= 4 is 5.91 Å². The zero-order valence-corrected chi connectivity index (χ0v) is 14.1. The summed E-state index contributed by atoms with van der Waals surface area (Å²) >= 11 is 0. The Balaban J connectivity index is 2.71. The molecule has 0 aromatic heterocycles. The number of rotatable bonds is 7. The lowest BCUT2D eigenvalue weighted by atomic mass is 9.86. The summed E-state index contributed by atoms with van der Waals surface area (Å²) in [5.74, 6) is 0.689. The molecule has 3 nitrogen and oxygen atoms in total. The minimum Gasteiger partial charge on any atom is -0.349 e. The van der Waals surface area contributed by atoms with Crippen molar-refractivity contribution in [2.75, 3.05) is 6.54 Å². The molecule has 0 saturated heterocycles. The molecule has 1 aromatic rings. The van der Waals surface area contributed by atoms with Gasteiger partial charge in [-0.25, -0.2) is 0 Å². The van der Waals surface area contributed by atoms with E-state index in [1.54, 1.807) is 0 Å². The summed E-state index contributed by atoms with van der Waals surface area (Å²) in [4.78, 5) is 12.3. The van der Waals surface area contributed by atoms with Gasteiger partial charge in [-0.3, -0.25) is 4.79 Å². The van der Waals surface area contributed by atoms with Crippen molar-refractivity contribution in [3.8, 4) is 0 Å². The molecule has 1 rings (SSSR count). The van der Waals surface area contributed by atoms with E-state index < -0.39 is 5.41 Å². The Labute approximate surface area is 129 Å². The Morgan fingerprint density at radius 2 is 1.81 bits per heavy atom. The first-order valence-electron chi connectivity index (χ1n) is 7.92. The molecule has 0 aliphatic heterocycles. The quantitative estimate of drug-likeness (QED) is 0.808. The second kappa shape index (κ2) is 7.60. The molecule has 0 bridgehead atoms. The smallest absolute Gasteiger partial charge is 0.227 e. The van der Waals surface area contributed by atoms with Crippen molar-refractivity contribution in [1.29, 1.82) is 0 Å². The van der Waals surface area contributed by atoms with Crippen LogP contribution in [0, 0.1) is 11.3 Å². The molecule has 0 aliphatic rings. The third-order valence-electron chi connectivity index (χ3n) is 4.25. The molecule has 3 N–H and O–H groups in total. The summed E-state index contributed by atoms with van der Waals surface area (Å²) in [7, 11) is 0. The summed E-state index contributed by atoms with van der Waals surface area (Å²) in [6.45, 7) is 10.7. The Morgan fingerprint density at radius 1 is 1.24 bits per heavy atom. The highest BCUT2D eigenvalue weighted by atomic mass is 16.2. The van der Waals surface area contributed by atoms with E-state index in [4.69, 9.17) is 5.73 Å². The fraction of sp³-hybridized carbons (Fsp3) is 0.611. The molecule has 2 unspecified atom stereocenters. The highest BCUT2D eigenvalue weighted by Gasteiger charge is 2.30. The molecule has 3 heteroatoms. The van der Waals surface area contributed by atoms with Crippen LogP contribution in [0.1, 0.15) is 58.2 Å². The number of hydrogen-bond donors (Lipinski definition) is 2. The highest BCUT2D eigenvalue weighted by molar-refractivity contribution is 5.82. The van der Waals surface area contributed by atoms with Gasteiger partial charge in [-0.15, -0.1) is 0 Å². The Hall–Kier alpha value is -1.35. The molecule has 0 heterocycles. The third kappa shape index (κ3) is 4.85. The molecule has 0 spiro atoms. The summed E-state index contributed by atoms with van der Waals surface area (Å²) in [6, 6.07) is 8.52. The van der Waals surface area contributed by atoms with E-state index in [1.807, 2.05) is 20.8 Å². The molecular weight excluding hydrogens is 260 g/mol. The van der Waals surface area contributed by atoms with Gasteiger partial charge in [0.05, 0.1) is 11.5 Å². The van der Waals surface area contributed by atoms with Crippen molar-refractivity contribution in [2.24, 2.45) is 17.1 Å². The molecule has 21 heavy (non-hydrogen) atoms. The average Bonchev–Trinajstić information content (AvgIpc) is 2.46. The van der Waals surface area contributed by atoms with E-state index >= 15 is 0 Å². The summed E-state index contributed by atoms with van der Waals surface area (Å²) < 4.78 is 0. The summed E-state index contributed by atoms with van der Waals surface area (Å²) in [6.07, 6.45) is 1.83. The zero-order chi connectivity index (χ0) is 16.0. The molecule has 2 atom stereocenters. The number of amides is 1. The third-order valence-corrected chi connectivity index (χ3v) is 4.25. The van der Waals surface area contributed by atoms with Crippen molar-refractivity contribution < 1.29 is 4.79 Å². The number of benzene rings is 1. The maximum absolute atomic E-state index is 12.3. The van der Waals surface area contributed by atoms with Gasteiger partial charge in [0.25, 0.3) is 0 Å². The van der Waals surface area contributed by atoms with E-state index in [0.29, 0.717) is 12.5 Å². The van der Waals surface area contributed by atoms with Crippen LogP contribution in [0.25, 0.3) is 0 Å². The molecule has 0 saturated carbocycles. The lowest BCUT2D eigenvalue weighted by Crippen LogP contribution is -2.44. The van der Waals surface area contributed by atoms with Gasteiger partial charge in [0.15, 0.2) is 0 Å². The minimum atomic E-state index is -0.480. The number of nitrogens with two attached hydrogens (primary N) is 1. The SMILES string of the molecule is CCC(C)(CN)C(=O)NC(C)c1ccc(CC(C)C)cc1. The van der Waals surface area contributed by atoms with Gasteiger partial charge in [-0.1, -0.05) is 45.0 Å². The van der Waals surface area contributed by atoms with E-state index in [0.717, 1.165) is 18.4 Å². The van der Waals surface area contributed by atoms with Gasteiger partial charge in [-0.05, 0) is 43.7 Å². The number of hydrogen-bond acceptors (Lipinski definition) is 2. The van der Waals surface area contributed by atoms with Crippen molar-refractivity contribution in [1.82, 2.24) is 5.32 Å². The normalized spacial score (nSPS) is 15.6. The van der Waals surface area contributed by atoms with Gasteiger partial charge >= 0.3 is 0 Å². The average molecular weight is 290 g/mol. The predicted octanol–water partition coefficient (Wildman–Crippen LogP) is 3.44. The fourth-order valence-corrected chi connectivity index (χ4v) is 2.27. The molecular formula is C18H30N2O. The zero-order valence-electron chi connectivity index (χ0n) is 14.1. The second-order valence-electron chi connectivity index (χ2n) is 6.65. The van der Waals surface area contributed by atoms with Gasteiger partial charge in [-0.2, -0.15) is 0 Å². The molecule has 1 aromatic carbocycles. The maximum atomic E-state index is 12.3. The van der Waals surface area contributed by atoms with Crippen molar-refractivity contribution in [3.05, 3.63) is 35.4 Å². The van der Waals surface area contributed by atoms with Crippen LogP contribution in [0.2, 0.25) is 0 Å². The largest absolute Gasteiger partial charge is 0.349 e. The monoisotopic (exact) mass is 290 g/mol. The molecule has 0 aliphatic carbocycles. The van der Waals surface area contributed by atoms with Crippen molar-refractivity contribution in [2.45, 2.75) is 53.5 Å². The van der Waals surface area contributed by atoms with E-state index in [-0.39, 0.29) is 11.9 Å². The van der Waals surface area contributed by atoms with Crippen LogP contribution in [0.15, 0.2) is 24.3 Å². The minimum absolute atomic E-state index is 0.00280. The fourth-order valence-electron chi connectivity index (χ4n) is 2.27.